The molecular formula is C22H16IN. The van der Waals surface area contributed by atoms with E-state index in [9.17, 15) is 0 Å². The van der Waals surface area contributed by atoms with Gasteiger partial charge in [0.1, 0.15) is 0 Å². The Morgan fingerprint density at radius 3 is 2.21 bits per heavy atom. The number of nitrogens with zero attached hydrogens (tertiary/aromatic N) is 1. The van der Waals surface area contributed by atoms with Crippen molar-refractivity contribution in [3.05, 3.63) is 88.0 Å². The molecule has 0 aliphatic carbocycles. The molecule has 0 atom stereocenters. The molecule has 0 bridgehead atoms. The topological polar surface area (TPSA) is 12.9 Å². The van der Waals surface area contributed by atoms with E-state index in [0.29, 0.717) is 0 Å². The minimum Gasteiger partial charge on any atom is -0.247 e. The average molecular weight is 421 g/mol. The Balaban J connectivity index is 2.11. The number of aryl methyl sites for hydroxylation is 1. The van der Waals surface area contributed by atoms with Gasteiger partial charge in [-0.2, -0.15) is 0 Å². The highest BCUT2D eigenvalue weighted by Crippen LogP contribution is 2.38. The minimum atomic E-state index is 1.04. The molecule has 1 aromatic heterocycles. The lowest BCUT2D eigenvalue weighted by atomic mass is 9.97. The number of hydrogen-bond acceptors (Lipinski definition) is 1. The van der Waals surface area contributed by atoms with Crippen molar-refractivity contribution < 1.29 is 0 Å². The van der Waals surface area contributed by atoms with E-state index < -0.39 is 0 Å². The van der Waals surface area contributed by atoms with Crippen LogP contribution in [0.25, 0.3) is 33.3 Å². The van der Waals surface area contributed by atoms with Crippen molar-refractivity contribution in [2.75, 3.05) is 0 Å². The Labute approximate surface area is 155 Å². The summed E-state index contributed by atoms with van der Waals surface area (Å²) in [7, 11) is 0. The molecule has 0 saturated heterocycles. The smallest absolute Gasteiger partial charge is 0.0852 e. The molecule has 4 rings (SSSR count). The second-order valence-electron chi connectivity index (χ2n) is 5.85. The van der Waals surface area contributed by atoms with Crippen molar-refractivity contribution in [2.24, 2.45) is 0 Å². The highest BCUT2D eigenvalue weighted by atomic mass is 127. The molecule has 0 fully saturated rings. The Kier molecular flexibility index (Phi) is 4.07. The van der Waals surface area contributed by atoms with Crippen molar-refractivity contribution in [3.8, 4) is 22.4 Å². The second kappa shape index (κ2) is 6.36. The molecule has 4 aromatic rings. The Morgan fingerprint density at radius 2 is 1.42 bits per heavy atom. The van der Waals surface area contributed by atoms with Crippen molar-refractivity contribution in [1.29, 1.82) is 0 Å². The van der Waals surface area contributed by atoms with Gasteiger partial charge in [0, 0.05) is 20.1 Å². The zero-order valence-corrected chi connectivity index (χ0v) is 15.5. The molecule has 0 saturated carbocycles. The predicted molar refractivity (Wildman–Crippen MR) is 110 cm³/mol. The third-order valence-corrected chi connectivity index (χ3v) is 5.35. The van der Waals surface area contributed by atoms with E-state index in [4.69, 9.17) is 4.98 Å². The normalized spacial score (nSPS) is 10.9. The van der Waals surface area contributed by atoms with E-state index >= 15 is 0 Å². The van der Waals surface area contributed by atoms with Gasteiger partial charge in [-0.15, -0.1) is 0 Å². The summed E-state index contributed by atoms with van der Waals surface area (Å²) in [5, 5.41) is 1.20. The third kappa shape index (κ3) is 2.61. The molecule has 2 heteroatoms. The molecule has 116 valence electrons. The minimum absolute atomic E-state index is 1.04. The molecule has 1 heterocycles. The molecule has 0 amide bonds. The summed E-state index contributed by atoms with van der Waals surface area (Å²) in [5.74, 6) is 0. The number of halogens is 1. The zero-order valence-electron chi connectivity index (χ0n) is 13.3. The third-order valence-electron chi connectivity index (χ3n) is 4.30. The van der Waals surface area contributed by atoms with Gasteiger partial charge in [-0.1, -0.05) is 72.8 Å². The molecule has 24 heavy (non-hydrogen) atoms. The van der Waals surface area contributed by atoms with E-state index in [1.54, 1.807) is 0 Å². The maximum absolute atomic E-state index is 4.98. The van der Waals surface area contributed by atoms with Crippen molar-refractivity contribution in [2.45, 2.75) is 6.92 Å². The van der Waals surface area contributed by atoms with Gasteiger partial charge in [0.2, 0.25) is 0 Å². The van der Waals surface area contributed by atoms with Crippen LogP contribution < -0.4 is 0 Å². The van der Waals surface area contributed by atoms with Crippen LogP contribution in [0.15, 0.2) is 78.9 Å². The molecule has 0 unspecified atom stereocenters. The standard InChI is InChI=1S/C22H16IN/c1-15-9-5-6-12-17(15)22-21(23)20(16-10-3-2-4-11-16)18-13-7-8-14-19(18)24-22/h2-14H,1H3. The monoisotopic (exact) mass is 421 g/mol. The van der Waals surface area contributed by atoms with E-state index in [1.165, 1.54) is 31.2 Å². The molecule has 0 spiro atoms. The summed E-state index contributed by atoms with van der Waals surface area (Å²) in [6, 6.07) is 27.4. The average Bonchev–Trinajstić information content (AvgIpc) is 2.63. The number of para-hydroxylation sites is 1. The van der Waals surface area contributed by atoms with Gasteiger partial charge in [0.25, 0.3) is 0 Å². The number of hydrogen-bond donors (Lipinski definition) is 0. The van der Waals surface area contributed by atoms with Crippen molar-refractivity contribution >= 4 is 33.5 Å². The Bertz CT molecular complexity index is 1020. The van der Waals surface area contributed by atoms with Crippen LogP contribution in [0.5, 0.6) is 0 Å². The van der Waals surface area contributed by atoms with Crippen molar-refractivity contribution in [1.82, 2.24) is 4.98 Å². The summed E-state index contributed by atoms with van der Waals surface area (Å²) in [5.41, 5.74) is 7.04. The first kappa shape index (κ1) is 15.3. The molecule has 0 N–H and O–H groups in total. The fourth-order valence-corrected chi connectivity index (χ4v) is 4.11. The van der Waals surface area contributed by atoms with Crippen LogP contribution in [0, 0.1) is 10.5 Å². The molecule has 1 nitrogen and oxygen atoms in total. The van der Waals surface area contributed by atoms with E-state index in [-0.39, 0.29) is 0 Å². The maximum atomic E-state index is 4.98. The van der Waals surface area contributed by atoms with Gasteiger partial charge in [0.05, 0.1) is 11.2 Å². The number of fused-ring (bicyclic) bond motifs is 1. The van der Waals surface area contributed by atoms with Crippen LogP contribution in [0.4, 0.5) is 0 Å². The SMILES string of the molecule is Cc1ccccc1-c1nc2ccccc2c(-c2ccccc2)c1I. The summed E-state index contributed by atoms with van der Waals surface area (Å²) < 4.78 is 1.20. The van der Waals surface area contributed by atoms with Crippen LogP contribution in [-0.2, 0) is 0 Å². The van der Waals surface area contributed by atoms with Gasteiger partial charge >= 0.3 is 0 Å². The quantitative estimate of drug-likeness (QED) is 0.338. The number of aromatic nitrogens is 1. The lowest BCUT2D eigenvalue weighted by Crippen LogP contribution is -1.96. The van der Waals surface area contributed by atoms with Crippen LogP contribution in [0.2, 0.25) is 0 Å². The lowest BCUT2D eigenvalue weighted by Gasteiger charge is -2.15. The van der Waals surface area contributed by atoms with Gasteiger partial charge in [-0.3, -0.25) is 0 Å². The molecule has 0 aliphatic rings. The lowest BCUT2D eigenvalue weighted by molar-refractivity contribution is 1.34. The second-order valence-corrected chi connectivity index (χ2v) is 6.93. The van der Waals surface area contributed by atoms with Crippen molar-refractivity contribution in [3.63, 3.8) is 0 Å². The summed E-state index contributed by atoms with van der Waals surface area (Å²) in [6.45, 7) is 2.14. The van der Waals surface area contributed by atoms with Gasteiger partial charge < -0.3 is 0 Å². The first-order valence-corrected chi connectivity index (χ1v) is 9.03. The summed E-state index contributed by atoms with van der Waals surface area (Å²) in [4.78, 5) is 4.98. The zero-order chi connectivity index (χ0) is 16.5. The van der Waals surface area contributed by atoms with Gasteiger partial charge in [-0.05, 0) is 46.7 Å². The van der Waals surface area contributed by atoms with Gasteiger partial charge in [0.15, 0.2) is 0 Å². The van der Waals surface area contributed by atoms with E-state index in [0.717, 1.165) is 11.2 Å². The first-order valence-electron chi connectivity index (χ1n) is 7.95. The van der Waals surface area contributed by atoms with E-state index in [2.05, 4.69) is 108 Å². The summed E-state index contributed by atoms with van der Waals surface area (Å²) in [6.07, 6.45) is 0. The maximum Gasteiger partial charge on any atom is 0.0852 e. The summed E-state index contributed by atoms with van der Waals surface area (Å²) >= 11 is 2.45. The van der Waals surface area contributed by atoms with Crippen LogP contribution in [0.3, 0.4) is 0 Å². The first-order chi connectivity index (χ1) is 11.8. The highest BCUT2D eigenvalue weighted by Gasteiger charge is 2.16. The van der Waals surface area contributed by atoms with E-state index in [1.807, 2.05) is 0 Å². The fourth-order valence-electron chi connectivity index (χ4n) is 3.09. The number of rotatable bonds is 2. The number of pyridine rings is 1. The van der Waals surface area contributed by atoms with Crippen LogP contribution in [-0.4, -0.2) is 4.98 Å². The van der Waals surface area contributed by atoms with Crippen LogP contribution >= 0.6 is 22.6 Å². The molecular weight excluding hydrogens is 405 g/mol. The largest absolute Gasteiger partial charge is 0.247 e. The Hall–Kier alpha value is -2.20. The Morgan fingerprint density at radius 1 is 0.750 bits per heavy atom. The number of benzene rings is 3. The van der Waals surface area contributed by atoms with Crippen LogP contribution in [0.1, 0.15) is 5.56 Å². The predicted octanol–water partition coefficient (Wildman–Crippen LogP) is 6.48. The van der Waals surface area contributed by atoms with Gasteiger partial charge in [-0.25, -0.2) is 4.98 Å². The molecule has 0 radical (unpaired) electrons. The molecule has 0 aliphatic heterocycles. The highest BCUT2D eigenvalue weighted by molar-refractivity contribution is 14.1. The fraction of sp³-hybridized carbons (Fsp3) is 0.0455. The molecule has 3 aromatic carbocycles.